The van der Waals surface area contributed by atoms with Gasteiger partial charge in [0.1, 0.15) is 0 Å². The van der Waals surface area contributed by atoms with Gasteiger partial charge >= 0.3 is 0 Å². The summed E-state index contributed by atoms with van der Waals surface area (Å²) in [5, 5.41) is 7.00. The first-order valence-corrected chi connectivity index (χ1v) is 5.27. The summed E-state index contributed by atoms with van der Waals surface area (Å²) >= 11 is 0. The van der Waals surface area contributed by atoms with Crippen LogP contribution in [-0.4, -0.2) is 25.2 Å². The highest BCUT2D eigenvalue weighted by molar-refractivity contribution is 5.01. The van der Waals surface area contributed by atoms with Crippen LogP contribution in [-0.2, 0) is 0 Å². The Labute approximate surface area is 75.1 Å². The van der Waals surface area contributed by atoms with Gasteiger partial charge in [-0.1, -0.05) is 0 Å². The van der Waals surface area contributed by atoms with E-state index in [9.17, 15) is 0 Å². The van der Waals surface area contributed by atoms with Gasteiger partial charge in [-0.05, 0) is 52.1 Å². The van der Waals surface area contributed by atoms with Crippen molar-refractivity contribution in [1.82, 2.24) is 10.6 Å². The molecule has 0 aromatic heterocycles. The second-order valence-corrected chi connectivity index (χ2v) is 4.36. The van der Waals surface area contributed by atoms with E-state index in [0.29, 0.717) is 5.54 Å². The van der Waals surface area contributed by atoms with Crippen molar-refractivity contribution in [2.75, 3.05) is 13.6 Å². The molecule has 1 unspecified atom stereocenters. The fraction of sp³-hybridized carbons (Fsp3) is 1.00. The molecule has 1 saturated heterocycles. The molecule has 12 heavy (non-hydrogen) atoms. The third-order valence-corrected chi connectivity index (χ3v) is 3.52. The lowest BCUT2D eigenvalue weighted by molar-refractivity contribution is 0.438. The maximum absolute atomic E-state index is 3.55. The number of hydrogen-bond donors (Lipinski definition) is 2. The van der Waals surface area contributed by atoms with Crippen LogP contribution >= 0.6 is 0 Å². The van der Waals surface area contributed by atoms with Crippen LogP contribution in [0.5, 0.6) is 0 Å². The first-order chi connectivity index (χ1) is 5.85. The molecule has 2 rings (SSSR count). The van der Waals surface area contributed by atoms with Crippen LogP contribution in [0.1, 0.15) is 38.5 Å². The van der Waals surface area contributed by atoms with Crippen LogP contribution in [0.25, 0.3) is 0 Å². The molecule has 0 amide bonds. The molecule has 2 fully saturated rings. The summed E-state index contributed by atoms with van der Waals surface area (Å²) in [7, 11) is 2.11. The number of hydrogen-bond acceptors (Lipinski definition) is 2. The van der Waals surface area contributed by atoms with Crippen molar-refractivity contribution in [2.45, 2.75) is 50.1 Å². The van der Waals surface area contributed by atoms with Crippen molar-refractivity contribution in [1.29, 1.82) is 0 Å². The molecule has 1 saturated carbocycles. The van der Waals surface area contributed by atoms with Gasteiger partial charge in [0.2, 0.25) is 0 Å². The molecule has 2 N–H and O–H groups in total. The van der Waals surface area contributed by atoms with E-state index in [1.165, 1.54) is 45.1 Å². The van der Waals surface area contributed by atoms with E-state index < -0.39 is 0 Å². The molecule has 0 radical (unpaired) electrons. The molecule has 2 nitrogen and oxygen atoms in total. The van der Waals surface area contributed by atoms with Crippen molar-refractivity contribution in [3.8, 4) is 0 Å². The van der Waals surface area contributed by atoms with Crippen molar-refractivity contribution in [2.24, 2.45) is 0 Å². The minimum atomic E-state index is 0.560. The summed E-state index contributed by atoms with van der Waals surface area (Å²) in [6, 6.07) is 0.829. The molecule has 1 aliphatic heterocycles. The smallest absolute Gasteiger partial charge is 0.0180 e. The largest absolute Gasteiger partial charge is 0.314 e. The highest BCUT2D eigenvalue weighted by Crippen LogP contribution is 2.39. The molecule has 0 spiro atoms. The Balaban J connectivity index is 1.67. The van der Waals surface area contributed by atoms with Crippen LogP contribution in [0.3, 0.4) is 0 Å². The molecule has 2 heteroatoms. The summed E-state index contributed by atoms with van der Waals surface area (Å²) < 4.78 is 0. The fourth-order valence-corrected chi connectivity index (χ4v) is 2.23. The molecule has 0 aromatic rings. The monoisotopic (exact) mass is 168 g/mol. The molecule has 1 atom stereocenters. The molecule has 0 aromatic carbocycles. The Bertz CT molecular complexity index is 146. The Kier molecular flexibility index (Phi) is 2.37. The van der Waals surface area contributed by atoms with Crippen LogP contribution in [0.4, 0.5) is 0 Å². The van der Waals surface area contributed by atoms with E-state index in [1.807, 2.05) is 0 Å². The first kappa shape index (κ1) is 8.52. The van der Waals surface area contributed by atoms with Gasteiger partial charge in [-0.15, -0.1) is 0 Å². The molecule has 70 valence electrons. The van der Waals surface area contributed by atoms with E-state index in [4.69, 9.17) is 0 Å². The minimum absolute atomic E-state index is 0.560. The van der Waals surface area contributed by atoms with E-state index in [0.717, 1.165) is 6.04 Å². The molecule has 1 heterocycles. The number of rotatable bonds is 4. The van der Waals surface area contributed by atoms with Gasteiger partial charge < -0.3 is 10.6 Å². The lowest BCUT2D eigenvalue weighted by atomic mass is 10.0. The van der Waals surface area contributed by atoms with Crippen LogP contribution in [0.15, 0.2) is 0 Å². The molecule has 0 bridgehead atoms. The second kappa shape index (κ2) is 3.35. The predicted molar refractivity (Wildman–Crippen MR) is 51.3 cm³/mol. The summed E-state index contributed by atoms with van der Waals surface area (Å²) in [6.45, 7) is 1.25. The van der Waals surface area contributed by atoms with Gasteiger partial charge in [-0.2, -0.15) is 0 Å². The second-order valence-electron chi connectivity index (χ2n) is 4.36. The SMILES string of the molecule is CNC1(CCC2CCCN2)CC1. The quantitative estimate of drug-likeness (QED) is 0.660. The van der Waals surface area contributed by atoms with Gasteiger partial charge in [0.05, 0.1) is 0 Å². The lowest BCUT2D eigenvalue weighted by Gasteiger charge is -2.16. The number of nitrogens with one attached hydrogen (secondary N) is 2. The van der Waals surface area contributed by atoms with Gasteiger partial charge in [-0.25, -0.2) is 0 Å². The van der Waals surface area contributed by atoms with Gasteiger partial charge in [0.15, 0.2) is 0 Å². The standard InChI is InChI=1S/C10H20N2/c1-11-10(6-7-10)5-4-9-3-2-8-12-9/h9,11-12H,2-8H2,1H3. The van der Waals surface area contributed by atoms with Crippen molar-refractivity contribution < 1.29 is 0 Å². The zero-order valence-corrected chi connectivity index (χ0v) is 8.03. The van der Waals surface area contributed by atoms with Crippen LogP contribution in [0, 0.1) is 0 Å². The zero-order valence-electron chi connectivity index (χ0n) is 8.03. The summed E-state index contributed by atoms with van der Waals surface area (Å²) in [6.07, 6.45) is 8.34. The van der Waals surface area contributed by atoms with Crippen LogP contribution in [0.2, 0.25) is 0 Å². The van der Waals surface area contributed by atoms with Crippen molar-refractivity contribution >= 4 is 0 Å². The third kappa shape index (κ3) is 1.80. The average Bonchev–Trinajstić information content (AvgIpc) is 2.70. The average molecular weight is 168 g/mol. The highest BCUT2D eigenvalue weighted by Gasteiger charge is 2.40. The minimum Gasteiger partial charge on any atom is -0.314 e. The van der Waals surface area contributed by atoms with Crippen LogP contribution < -0.4 is 10.6 Å². The molecule has 1 aliphatic carbocycles. The summed E-state index contributed by atoms with van der Waals surface area (Å²) in [5.41, 5.74) is 0.560. The zero-order chi connectivity index (χ0) is 8.44. The Morgan fingerprint density at radius 3 is 2.83 bits per heavy atom. The predicted octanol–water partition coefficient (Wildman–Crippen LogP) is 1.27. The van der Waals surface area contributed by atoms with Crippen molar-refractivity contribution in [3.05, 3.63) is 0 Å². The normalized spacial score (nSPS) is 32.2. The first-order valence-electron chi connectivity index (χ1n) is 5.27. The molecule has 2 aliphatic rings. The van der Waals surface area contributed by atoms with E-state index in [-0.39, 0.29) is 0 Å². The van der Waals surface area contributed by atoms with E-state index >= 15 is 0 Å². The maximum atomic E-state index is 3.55. The molecular weight excluding hydrogens is 148 g/mol. The highest BCUT2D eigenvalue weighted by atomic mass is 15.0. The van der Waals surface area contributed by atoms with Crippen molar-refractivity contribution in [3.63, 3.8) is 0 Å². The maximum Gasteiger partial charge on any atom is 0.0180 e. The van der Waals surface area contributed by atoms with Gasteiger partial charge in [0, 0.05) is 11.6 Å². The summed E-state index contributed by atoms with van der Waals surface area (Å²) in [5.74, 6) is 0. The Morgan fingerprint density at radius 2 is 2.33 bits per heavy atom. The topological polar surface area (TPSA) is 24.1 Å². The van der Waals surface area contributed by atoms with Gasteiger partial charge in [0.25, 0.3) is 0 Å². The van der Waals surface area contributed by atoms with Gasteiger partial charge in [-0.3, -0.25) is 0 Å². The fourth-order valence-electron chi connectivity index (χ4n) is 2.23. The third-order valence-electron chi connectivity index (χ3n) is 3.52. The Hall–Kier alpha value is -0.0800. The Morgan fingerprint density at radius 1 is 1.50 bits per heavy atom. The van der Waals surface area contributed by atoms with E-state index in [1.54, 1.807) is 0 Å². The van der Waals surface area contributed by atoms with E-state index in [2.05, 4.69) is 17.7 Å². The molecular formula is C10H20N2. The summed E-state index contributed by atoms with van der Waals surface area (Å²) in [4.78, 5) is 0. The lowest BCUT2D eigenvalue weighted by Crippen LogP contribution is -2.30.